The van der Waals surface area contributed by atoms with Gasteiger partial charge in [-0.3, -0.25) is 4.79 Å². The Morgan fingerprint density at radius 2 is 1.68 bits per heavy atom. The number of para-hydroxylation sites is 1. The molecule has 0 saturated heterocycles. The molecule has 0 aliphatic rings. The van der Waals surface area contributed by atoms with Crippen LogP contribution < -0.4 is 14.2 Å². The molecule has 2 rings (SSSR count). The van der Waals surface area contributed by atoms with Gasteiger partial charge in [0.2, 0.25) is 0 Å². The summed E-state index contributed by atoms with van der Waals surface area (Å²) in [6.45, 7) is 4.80. The molecule has 0 aromatic heterocycles. The number of ether oxygens (including phenoxy) is 3. The van der Waals surface area contributed by atoms with Crippen LogP contribution in [0, 0.1) is 13.8 Å². The lowest BCUT2D eigenvalue weighted by Gasteiger charge is -2.16. The van der Waals surface area contributed by atoms with Crippen LogP contribution in [-0.4, -0.2) is 31.4 Å². The van der Waals surface area contributed by atoms with E-state index in [4.69, 9.17) is 19.3 Å². The summed E-state index contributed by atoms with van der Waals surface area (Å²) < 4.78 is 17.0. The molecule has 0 bridgehead atoms. The molecule has 134 valence electrons. The van der Waals surface area contributed by atoms with Crippen molar-refractivity contribution in [1.82, 2.24) is 0 Å². The van der Waals surface area contributed by atoms with Crippen LogP contribution in [-0.2, 0) is 11.2 Å². The Kier molecular flexibility index (Phi) is 6.69. The van der Waals surface area contributed by atoms with E-state index in [1.807, 2.05) is 44.2 Å². The summed E-state index contributed by atoms with van der Waals surface area (Å²) in [6, 6.07) is 11.4. The van der Waals surface area contributed by atoms with Gasteiger partial charge in [-0.25, -0.2) is 0 Å². The van der Waals surface area contributed by atoms with Crippen LogP contribution in [0.15, 0.2) is 36.4 Å². The summed E-state index contributed by atoms with van der Waals surface area (Å²) >= 11 is 0. The van der Waals surface area contributed by atoms with E-state index in [1.165, 1.54) is 5.56 Å². The second kappa shape index (κ2) is 8.97. The van der Waals surface area contributed by atoms with Gasteiger partial charge in [-0.1, -0.05) is 24.3 Å². The topological polar surface area (TPSA) is 65.0 Å². The summed E-state index contributed by atoms with van der Waals surface area (Å²) in [7, 11) is 1.57. The number of carboxylic acids is 1. The lowest BCUT2D eigenvalue weighted by Crippen LogP contribution is -2.11. The lowest BCUT2D eigenvalue weighted by molar-refractivity contribution is -0.136. The number of methoxy groups -OCH3 is 1. The highest BCUT2D eigenvalue weighted by Gasteiger charge is 2.12. The van der Waals surface area contributed by atoms with Crippen molar-refractivity contribution in [1.29, 1.82) is 0 Å². The van der Waals surface area contributed by atoms with Crippen LogP contribution in [0.3, 0.4) is 0 Å². The average molecular weight is 344 g/mol. The van der Waals surface area contributed by atoms with Crippen molar-refractivity contribution in [2.45, 2.75) is 26.7 Å². The van der Waals surface area contributed by atoms with Gasteiger partial charge in [-0.15, -0.1) is 0 Å². The molecule has 0 fully saturated rings. The molecule has 2 aromatic rings. The number of benzene rings is 2. The van der Waals surface area contributed by atoms with Gasteiger partial charge in [-0.05, 0) is 49.1 Å². The molecule has 2 aromatic carbocycles. The molecule has 1 N–H and O–H groups in total. The maximum atomic E-state index is 10.8. The van der Waals surface area contributed by atoms with E-state index in [0.717, 1.165) is 16.9 Å². The van der Waals surface area contributed by atoms with Gasteiger partial charge < -0.3 is 19.3 Å². The van der Waals surface area contributed by atoms with Gasteiger partial charge >= 0.3 is 5.97 Å². The third-order valence-electron chi connectivity index (χ3n) is 4.03. The number of rotatable bonds is 9. The predicted molar refractivity (Wildman–Crippen MR) is 95.9 cm³/mol. The Hall–Kier alpha value is -2.69. The fourth-order valence-electron chi connectivity index (χ4n) is 2.50. The van der Waals surface area contributed by atoms with E-state index in [2.05, 4.69) is 0 Å². The van der Waals surface area contributed by atoms with Crippen LogP contribution >= 0.6 is 0 Å². The Morgan fingerprint density at radius 3 is 2.40 bits per heavy atom. The average Bonchev–Trinajstić information content (AvgIpc) is 2.60. The summed E-state index contributed by atoms with van der Waals surface area (Å²) in [4.78, 5) is 10.8. The van der Waals surface area contributed by atoms with Gasteiger partial charge in [-0.2, -0.15) is 0 Å². The highest BCUT2D eigenvalue weighted by Crippen LogP contribution is 2.32. The van der Waals surface area contributed by atoms with Crippen LogP contribution in [0.5, 0.6) is 17.2 Å². The van der Waals surface area contributed by atoms with Crippen LogP contribution in [0.4, 0.5) is 0 Å². The number of aryl methyl sites for hydroxylation is 2. The Bertz CT molecular complexity index is 724. The molecule has 25 heavy (non-hydrogen) atoms. The van der Waals surface area contributed by atoms with Crippen molar-refractivity contribution >= 4 is 5.97 Å². The quantitative estimate of drug-likeness (QED) is 0.701. The molecular formula is C20H24O5. The molecule has 0 aliphatic heterocycles. The molecule has 5 heteroatoms. The van der Waals surface area contributed by atoms with Crippen molar-refractivity contribution in [3.05, 3.63) is 53.1 Å². The third kappa shape index (κ3) is 5.14. The number of carbonyl (C=O) groups is 1. The van der Waals surface area contributed by atoms with E-state index in [0.29, 0.717) is 31.1 Å². The molecule has 0 atom stereocenters. The fourth-order valence-corrected chi connectivity index (χ4v) is 2.50. The standard InChI is InChI=1S/C20H24O5/c1-14-6-4-8-17(15(14)2)24-12-13-25-20-16(10-11-19(21)22)7-5-9-18(20)23-3/h4-9H,10-13H2,1-3H3,(H,21,22). The molecule has 0 spiro atoms. The molecule has 5 nitrogen and oxygen atoms in total. The minimum Gasteiger partial charge on any atom is -0.493 e. The first-order valence-corrected chi connectivity index (χ1v) is 8.22. The molecule has 0 radical (unpaired) electrons. The lowest BCUT2D eigenvalue weighted by atomic mass is 10.1. The first-order valence-electron chi connectivity index (χ1n) is 8.22. The molecule has 0 saturated carbocycles. The Labute approximate surface area is 148 Å². The third-order valence-corrected chi connectivity index (χ3v) is 4.03. The fraction of sp³-hybridized carbons (Fsp3) is 0.350. The largest absolute Gasteiger partial charge is 0.493 e. The molecular weight excluding hydrogens is 320 g/mol. The summed E-state index contributed by atoms with van der Waals surface area (Å²) in [5.74, 6) is 1.17. The normalized spacial score (nSPS) is 10.4. The molecule has 0 heterocycles. The number of carboxylic acid groups (broad SMARTS) is 1. The Morgan fingerprint density at radius 1 is 1.00 bits per heavy atom. The van der Waals surface area contributed by atoms with Gasteiger partial charge in [0, 0.05) is 6.42 Å². The second-order valence-corrected chi connectivity index (χ2v) is 5.74. The van der Waals surface area contributed by atoms with E-state index in [-0.39, 0.29) is 6.42 Å². The van der Waals surface area contributed by atoms with Crippen molar-refractivity contribution in [2.75, 3.05) is 20.3 Å². The predicted octanol–water partition coefficient (Wildman–Crippen LogP) is 3.79. The van der Waals surface area contributed by atoms with Gasteiger partial charge in [0.15, 0.2) is 11.5 Å². The summed E-state index contributed by atoms with van der Waals surface area (Å²) in [5.41, 5.74) is 3.11. The highest BCUT2D eigenvalue weighted by atomic mass is 16.5. The number of aliphatic carboxylic acids is 1. The first kappa shape index (κ1) is 18.6. The minimum absolute atomic E-state index is 0.0442. The van der Waals surface area contributed by atoms with Crippen molar-refractivity contribution in [3.8, 4) is 17.2 Å². The van der Waals surface area contributed by atoms with Crippen molar-refractivity contribution in [3.63, 3.8) is 0 Å². The van der Waals surface area contributed by atoms with Crippen LogP contribution in [0.25, 0.3) is 0 Å². The zero-order valence-electron chi connectivity index (χ0n) is 14.9. The monoisotopic (exact) mass is 344 g/mol. The second-order valence-electron chi connectivity index (χ2n) is 5.74. The maximum absolute atomic E-state index is 10.8. The van der Waals surface area contributed by atoms with Crippen molar-refractivity contribution in [2.24, 2.45) is 0 Å². The molecule has 0 amide bonds. The zero-order valence-corrected chi connectivity index (χ0v) is 14.9. The summed E-state index contributed by atoms with van der Waals surface area (Å²) in [6.07, 6.45) is 0.433. The van der Waals surface area contributed by atoms with E-state index in [1.54, 1.807) is 13.2 Å². The number of hydrogen-bond acceptors (Lipinski definition) is 4. The van der Waals surface area contributed by atoms with Gasteiger partial charge in [0.25, 0.3) is 0 Å². The first-order chi connectivity index (χ1) is 12.0. The molecule has 0 unspecified atom stereocenters. The maximum Gasteiger partial charge on any atom is 0.303 e. The van der Waals surface area contributed by atoms with E-state index in [9.17, 15) is 4.79 Å². The van der Waals surface area contributed by atoms with Crippen molar-refractivity contribution < 1.29 is 24.1 Å². The molecule has 0 aliphatic carbocycles. The van der Waals surface area contributed by atoms with E-state index < -0.39 is 5.97 Å². The number of hydrogen-bond donors (Lipinski definition) is 1. The van der Waals surface area contributed by atoms with Crippen LogP contribution in [0.1, 0.15) is 23.1 Å². The van der Waals surface area contributed by atoms with Crippen LogP contribution in [0.2, 0.25) is 0 Å². The highest BCUT2D eigenvalue weighted by molar-refractivity contribution is 5.67. The SMILES string of the molecule is COc1cccc(CCC(=O)O)c1OCCOc1cccc(C)c1C. The zero-order chi connectivity index (χ0) is 18.2. The Balaban J connectivity index is 1.99. The van der Waals surface area contributed by atoms with Gasteiger partial charge in [0.05, 0.1) is 7.11 Å². The summed E-state index contributed by atoms with van der Waals surface area (Å²) in [5, 5.41) is 8.89. The minimum atomic E-state index is -0.841. The van der Waals surface area contributed by atoms with Gasteiger partial charge in [0.1, 0.15) is 19.0 Å². The van der Waals surface area contributed by atoms with E-state index >= 15 is 0 Å². The smallest absolute Gasteiger partial charge is 0.303 e.